The molecule has 0 fully saturated rings. The zero-order valence-corrected chi connectivity index (χ0v) is 9.96. The lowest BCUT2D eigenvalue weighted by Gasteiger charge is -2.11. The van der Waals surface area contributed by atoms with E-state index in [2.05, 4.69) is 0 Å². The van der Waals surface area contributed by atoms with Crippen LogP contribution in [0.2, 0.25) is 0 Å². The lowest BCUT2D eigenvalue weighted by molar-refractivity contribution is 0.151. The van der Waals surface area contributed by atoms with E-state index in [1.54, 1.807) is 0 Å². The molecule has 0 saturated heterocycles. The van der Waals surface area contributed by atoms with Gasteiger partial charge in [0.2, 0.25) is 0 Å². The molecule has 0 unspecified atom stereocenters. The number of hydrogen-bond acceptors (Lipinski definition) is 1. The van der Waals surface area contributed by atoms with E-state index in [1.165, 1.54) is 25.3 Å². The van der Waals surface area contributed by atoms with Gasteiger partial charge in [0.15, 0.2) is 11.6 Å². The molecule has 2 aromatic rings. The molecule has 0 spiro atoms. The first-order chi connectivity index (χ1) is 9.04. The molecular weight excluding hydrogens is 260 g/mol. The molecule has 100 valence electrons. The highest BCUT2D eigenvalue weighted by Gasteiger charge is 2.16. The van der Waals surface area contributed by atoms with Crippen LogP contribution in [0, 0.1) is 11.6 Å². The standard InChI is InChI=1S/C14H10F4O/c1-19-12-7-8(14(17)18)5-6-9(12)10-3-2-4-11(15)13(10)16/h2-7,14H,1H3. The third kappa shape index (κ3) is 2.54. The van der Waals surface area contributed by atoms with Gasteiger partial charge in [0, 0.05) is 16.7 Å². The smallest absolute Gasteiger partial charge is 0.263 e. The second-order valence-electron chi connectivity index (χ2n) is 3.86. The first-order valence-corrected chi connectivity index (χ1v) is 5.45. The summed E-state index contributed by atoms with van der Waals surface area (Å²) in [6.45, 7) is 0. The highest BCUT2D eigenvalue weighted by atomic mass is 19.3. The van der Waals surface area contributed by atoms with Crippen molar-refractivity contribution in [1.29, 1.82) is 0 Å². The lowest BCUT2D eigenvalue weighted by Crippen LogP contribution is -1.95. The Kier molecular flexibility index (Phi) is 3.74. The van der Waals surface area contributed by atoms with Gasteiger partial charge in [-0.25, -0.2) is 17.6 Å². The van der Waals surface area contributed by atoms with Gasteiger partial charge in [-0.15, -0.1) is 0 Å². The lowest BCUT2D eigenvalue weighted by atomic mass is 10.0. The molecule has 0 N–H and O–H groups in total. The Labute approximate surface area is 107 Å². The number of rotatable bonds is 3. The minimum Gasteiger partial charge on any atom is -0.496 e. The molecular formula is C14H10F4O. The molecule has 0 aliphatic rings. The van der Waals surface area contributed by atoms with Gasteiger partial charge in [-0.05, 0) is 12.1 Å². The molecule has 0 heterocycles. The Morgan fingerprint density at radius 1 is 1.00 bits per heavy atom. The van der Waals surface area contributed by atoms with Crippen LogP contribution in [0.3, 0.4) is 0 Å². The predicted molar refractivity (Wildman–Crippen MR) is 63.3 cm³/mol. The molecule has 0 aromatic heterocycles. The van der Waals surface area contributed by atoms with E-state index in [0.29, 0.717) is 0 Å². The maximum Gasteiger partial charge on any atom is 0.263 e. The van der Waals surface area contributed by atoms with Crippen LogP contribution in [0.25, 0.3) is 11.1 Å². The minimum atomic E-state index is -2.65. The van der Waals surface area contributed by atoms with Crippen molar-refractivity contribution in [1.82, 2.24) is 0 Å². The maximum absolute atomic E-state index is 13.7. The van der Waals surface area contributed by atoms with Crippen LogP contribution in [0.1, 0.15) is 12.0 Å². The summed E-state index contributed by atoms with van der Waals surface area (Å²) in [6, 6.07) is 7.25. The zero-order valence-electron chi connectivity index (χ0n) is 9.96. The average Bonchev–Trinajstić information content (AvgIpc) is 2.41. The van der Waals surface area contributed by atoms with Gasteiger partial charge in [0.1, 0.15) is 5.75 Å². The Bertz CT molecular complexity index is 596. The summed E-state index contributed by atoms with van der Waals surface area (Å²) in [5, 5.41) is 0. The Balaban J connectivity index is 2.59. The van der Waals surface area contributed by atoms with Crippen LogP contribution >= 0.6 is 0 Å². The number of benzene rings is 2. The fraction of sp³-hybridized carbons (Fsp3) is 0.143. The monoisotopic (exact) mass is 270 g/mol. The number of ether oxygens (including phenoxy) is 1. The molecule has 0 aliphatic carbocycles. The topological polar surface area (TPSA) is 9.23 Å². The molecule has 0 atom stereocenters. The minimum absolute atomic E-state index is 0.0299. The highest BCUT2D eigenvalue weighted by molar-refractivity contribution is 5.71. The molecule has 2 rings (SSSR count). The van der Waals surface area contributed by atoms with Crippen molar-refractivity contribution in [2.75, 3.05) is 7.11 Å². The summed E-state index contributed by atoms with van der Waals surface area (Å²) in [7, 11) is 1.28. The predicted octanol–water partition coefficient (Wildman–Crippen LogP) is 4.58. The first-order valence-electron chi connectivity index (χ1n) is 5.45. The second kappa shape index (κ2) is 5.30. The number of halogens is 4. The summed E-state index contributed by atoms with van der Waals surface area (Å²) in [5.41, 5.74) is -0.0426. The average molecular weight is 270 g/mol. The van der Waals surface area contributed by atoms with Crippen LogP contribution in [-0.4, -0.2) is 7.11 Å². The molecule has 0 bridgehead atoms. The number of hydrogen-bond donors (Lipinski definition) is 0. The third-order valence-corrected chi connectivity index (χ3v) is 2.72. The Hall–Kier alpha value is -2.04. The van der Waals surface area contributed by atoms with Crippen molar-refractivity contribution in [3.63, 3.8) is 0 Å². The third-order valence-electron chi connectivity index (χ3n) is 2.72. The van der Waals surface area contributed by atoms with Crippen LogP contribution in [0.4, 0.5) is 17.6 Å². The maximum atomic E-state index is 13.7. The molecule has 0 radical (unpaired) electrons. The highest BCUT2D eigenvalue weighted by Crippen LogP contribution is 2.35. The summed E-state index contributed by atoms with van der Waals surface area (Å²) >= 11 is 0. The van der Waals surface area contributed by atoms with Crippen molar-refractivity contribution in [2.45, 2.75) is 6.43 Å². The van der Waals surface area contributed by atoms with Gasteiger partial charge in [-0.1, -0.05) is 24.3 Å². The van der Waals surface area contributed by atoms with Crippen LogP contribution in [0.15, 0.2) is 36.4 Å². The molecule has 0 aliphatic heterocycles. The normalized spacial score (nSPS) is 10.8. The fourth-order valence-electron chi connectivity index (χ4n) is 1.78. The zero-order chi connectivity index (χ0) is 14.0. The van der Waals surface area contributed by atoms with Crippen LogP contribution in [0.5, 0.6) is 5.75 Å². The van der Waals surface area contributed by atoms with E-state index in [1.807, 2.05) is 0 Å². The van der Waals surface area contributed by atoms with E-state index in [4.69, 9.17) is 4.74 Å². The van der Waals surface area contributed by atoms with Gasteiger partial charge in [0.05, 0.1) is 7.11 Å². The van der Waals surface area contributed by atoms with Gasteiger partial charge >= 0.3 is 0 Å². The van der Waals surface area contributed by atoms with E-state index in [-0.39, 0.29) is 22.4 Å². The quantitative estimate of drug-likeness (QED) is 0.742. The SMILES string of the molecule is COc1cc(C(F)F)ccc1-c1cccc(F)c1F. The van der Waals surface area contributed by atoms with Gasteiger partial charge in [-0.2, -0.15) is 0 Å². The van der Waals surface area contributed by atoms with E-state index >= 15 is 0 Å². The van der Waals surface area contributed by atoms with Gasteiger partial charge in [0.25, 0.3) is 6.43 Å². The van der Waals surface area contributed by atoms with Gasteiger partial charge in [-0.3, -0.25) is 0 Å². The van der Waals surface area contributed by atoms with Crippen molar-refractivity contribution in [2.24, 2.45) is 0 Å². The summed E-state index contributed by atoms with van der Waals surface area (Å²) in [6.07, 6.45) is -2.65. The van der Waals surface area contributed by atoms with E-state index < -0.39 is 18.1 Å². The summed E-state index contributed by atoms with van der Waals surface area (Å²) in [4.78, 5) is 0. The molecule has 0 amide bonds. The molecule has 1 nitrogen and oxygen atoms in total. The Morgan fingerprint density at radius 3 is 2.37 bits per heavy atom. The summed E-state index contributed by atoms with van der Waals surface area (Å²) < 4.78 is 57.0. The van der Waals surface area contributed by atoms with Crippen molar-refractivity contribution >= 4 is 0 Å². The number of alkyl halides is 2. The molecule has 0 saturated carbocycles. The van der Waals surface area contributed by atoms with Gasteiger partial charge < -0.3 is 4.74 Å². The van der Waals surface area contributed by atoms with Crippen LogP contribution < -0.4 is 4.74 Å². The Morgan fingerprint density at radius 2 is 1.74 bits per heavy atom. The van der Waals surface area contributed by atoms with E-state index in [0.717, 1.165) is 18.2 Å². The number of methoxy groups -OCH3 is 1. The largest absolute Gasteiger partial charge is 0.496 e. The molecule has 19 heavy (non-hydrogen) atoms. The fourth-order valence-corrected chi connectivity index (χ4v) is 1.78. The van der Waals surface area contributed by atoms with Crippen molar-refractivity contribution in [3.05, 3.63) is 53.6 Å². The van der Waals surface area contributed by atoms with Crippen molar-refractivity contribution < 1.29 is 22.3 Å². The molecule has 2 aromatic carbocycles. The molecule has 5 heteroatoms. The van der Waals surface area contributed by atoms with Crippen LogP contribution in [-0.2, 0) is 0 Å². The van der Waals surface area contributed by atoms with Crippen molar-refractivity contribution in [3.8, 4) is 16.9 Å². The summed E-state index contributed by atoms with van der Waals surface area (Å²) in [5.74, 6) is -1.97. The first kappa shape index (κ1) is 13.4. The second-order valence-corrected chi connectivity index (χ2v) is 3.86. The van der Waals surface area contributed by atoms with E-state index in [9.17, 15) is 17.6 Å².